The van der Waals surface area contributed by atoms with E-state index < -0.39 is 6.36 Å². The maximum atomic E-state index is 12.1. The van der Waals surface area contributed by atoms with E-state index in [0.717, 1.165) is 22.0 Å². The predicted octanol–water partition coefficient (Wildman–Crippen LogP) is 4.32. The van der Waals surface area contributed by atoms with Gasteiger partial charge in [-0.15, -0.1) is 13.2 Å². The van der Waals surface area contributed by atoms with Crippen molar-refractivity contribution >= 4 is 16.6 Å². The topological polar surface area (TPSA) is 51.0 Å². The van der Waals surface area contributed by atoms with Crippen molar-refractivity contribution in [3.05, 3.63) is 48.7 Å². The molecular formula is C15H11F3N2O. The third-order valence-corrected chi connectivity index (χ3v) is 3.13. The molecule has 3 rings (SSSR count). The Kier molecular flexibility index (Phi) is 3.01. The molecule has 1 heterocycles. The molecule has 0 spiro atoms. The van der Waals surface area contributed by atoms with Gasteiger partial charge in [-0.3, -0.25) is 0 Å². The van der Waals surface area contributed by atoms with Gasteiger partial charge in [-0.1, -0.05) is 18.2 Å². The van der Waals surface area contributed by atoms with E-state index in [1.807, 2.05) is 18.2 Å². The first-order valence-corrected chi connectivity index (χ1v) is 6.15. The summed E-state index contributed by atoms with van der Waals surface area (Å²) in [5, 5.41) is 0.878. The number of hydrogen-bond acceptors (Lipinski definition) is 2. The van der Waals surface area contributed by atoms with Crippen molar-refractivity contribution in [3.63, 3.8) is 0 Å². The Morgan fingerprint density at radius 3 is 2.29 bits per heavy atom. The average molecular weight is 292 g/mol. The fourth-order valence-corrected chi connectivity index (χ4v) is 2.17. The molecule has 0 saturated carbocycles. The summed E-state index contributed by atoms with van der Waals surface area (Å²) >= 11 is 0. The third-order valence-electron chi connectivity index (χ3n) is 3.13. The minimum absolute atomic E-state index is 0.242. The van der Waals surface area contributed by atoms with Crippen molar-refractivity contribution in [3.8, 4) is 16.9 Å². The van der Waals surface area contributed by atoms with E-state index >= 15 is 0 Å². The zero-order valence-corrected chi connectivity index (χ0v) is 10.7. The van der Waals surface area contributed by atoms with Crippen LogP contribution in [0.25, 0.3) is 22.0 Å². The van der Waals surface area contributed by atoms with Gasteiger partial charge in [-0.25, -0.2) is 0 Å². The van der Waals surface area contributed by atoms with Gasteiger partial charge in [0, 0.05) is 17.1 Å². The first-order chi connectivity index (χ1) is 9.92. The van der Waals surface area contributed by atoms with Gasteiger partial charge in [0.25, 0.3) is 0 Å². The number of halogens is 3. The molecule has 0 aliphatic heterocycles. The van der Waals surface area contributed by atoms with Crippen molar-refractivity contribution in [1.29, 1.82) is 0 Å². The Balaban J connectivity index is 1.93. The summed E-state index contributed by atoms with van der Waals surface area (Å²) in [6.45, 7) is 0. The highest BCUT2D eigenvalue weighted by Gasteiger charge is 2.30. The summed E-state index contributed by atoms with van der Waals surface area (Å²) in [5.74, 6) is -0.242. The summed E-state index contributed by atoms with van der Waals surface area (Å²) in [6, 6.07) is 11.4. The van der Waals surface area contributed by atoms with Gasteiger partial charge in [-0.2, -0.15) is 0 Å². The van der Waals surface area contributed by atoms with Crippen LogP contribution < -0.4 is 10.5 Å². The molecule has 0 radical (unpaired) electrons. The number of nitrogens with one attached hydrogen (secondary N) is 1. The lowest BCUT2D eigenvalue weighted by Crippen LogP contribution is -2.16. The molecular weight excluding hydrogens is 281 g/mol. The molecule has 3 aromatic rings. The number of rotatable bonds is 2. The lowest BCUT2D eigenvalue weighted by atomic mass is 10.0. The smallest absolute Gasteiger partial charge is 0.406 e. The normalized spacial score (nSPS) is 11.8. The number of aromatic amines is 1. The predicted molar refractivity (Wildman–Crippen MR) is 74.8 cm³/mol. The Bertz CT molecular complexity index is 776. The van der Waals surface area contributed by atoms with Gasteiger partial charge in [0.2, 0.25) is 0 Å². The van der Waals surface area contributed by atoms with E-state index in [1.54, 1.807) is 18.3 Å². The summed E-state index contributed by atoms with van der Waals surface area (Å²) in [5.41, 5.74) is 9.03. The zero-order valence-electron chi connectivity index (χ0n) is 10.7. The molecule has 0 unspecified atom stereocenters. The quantitative estimate of drug-likeness (QED) is 0.739. The van der Waals surface area contributed by atoms with Crippen LogP contribution in [-0.2, 0) is 0 Å². The second-order valence-corrected chi connectivity index (χ2v) is 4.58. The lowest BCUT2D eigenvalue weighted by molar-refractivity contribution is -0.274. The highest BCUT2D eigenvalue weighted by Crippen LogP contribution is 2.29. The van der Waals surface area contributed by atoms with Crippen LogP contribution in [0.4, 0.5) is 18.9 Å². The van der Waals surface area contributed by atoms with Gasteiger partial charge in [-0.05, 0) is 35.4 Å². The fraction of sp³-hybridized carbons (Fsp3) is 0.0667. The van der Waals surface area contributed by atoms with E-state index in [4.69, 9.17) is 5.73 Å². The Morgan fingerprint density at radius 2 is 1.62 bits per heavy atom. The molecule has 3 nitrogen and oxygen atoms in total. The third kappa shape index (κ3) is 2.79. The van der Waals surface area contributed by atoms with Gasteiger partial charge in [0.15, 0.2) is 0 Å². The summed E-state index contributed by atoms with van der Waals surface area (Å²) in [7, 11) is 0. The molecule has 1 aromatic heterocycles. The molecule has 0 aliphatic rings. The van der Waals surface area contributed by atoms with Crippen LogP contribution in [0.5, 0.6) is 5.75 Å². The standard InChI is InChI=1S/C15H11F3N2O/c16-15(17,18)21-11-4-1-9(2-5-11)10-3-6-14-12(7-10)13(19)8-20-14/h1-8,20H,19H2. The molecule has 0 aliphatic carbocycles. The number of nitrogens with two attached hydrogens (primary N) is 1. The number of aromatic nitrogens is 1. The Labute approximate surface area is 118 Å². The zero-order chi connectivity index (χ0) is 15.0. The van der Waals surface area contributed by atoms with Gasteiger partial charge in [0.1, 0.15) is 5.75 Å². The summed E-state index contributed by atoms with van der Waals surface area (Å²) < 4.78 is 40.2. The largest absolute Gasteiger partial charge is 0.573 e. The van der Waals surface area contributed by atoms with Crippen molar-refractivity contribution in [2.45, 2.75) is 6.36 Å². The van der Waals surface area contributed by atoms with Crippen LogP contribution in [0.3, 0.4) is 0 Å². The second-order valence-electron chi connectivity index (χ2n) is 4.58. The molecule has 108 valence electrons. The minimum atomic E-state index is -4.68. The Hall–Kier alpha value is -2.63. The van der Waals surface area contributed by atoms with E-state index in [1.165, 1.54) is 12.1 Å². The molecule has 0 amide bonds. The second kappa shape index (κ2) is 4.73. The number of benzene rings is 2. The maximum absolute atomic E-state index is 12.1. The molecule has 0 bridgehead atoms. The summed E-state index contributed by atoms with van der Waals surface area (Å²) in [6.07, 6.45) is -2.98. The van der Waals surface area contributed by atoms with Gasteiger partial charge >= 0.3 is 6.36 Å². The highest BCUT2D eigenvalue weighted by atomic mass is 19.4. The van der Waals surface area contributed by atoms with Crippen LogP contribution in [0.1, 0.15) is 0 Å². The highest BCUT2D eigenvalue weighted by molar-refractivity contribution is 5.94. The van der Waals surface area contributed by atoms with E-state index in [-0.39, 0.29) is 5.75 Å². The van der Waals surface area contributed by atoms with Crippen molar-refractivity contribution < 1.29 is 17.9 Å². The van der Waals surface area contributed by atoms with E-state index in [9.17, 15) is 13.2 Å². The SMILES string of the molecule is Nc1c[nH]c2ccc(-c3ccc(OC(F)(F)F)cc3)cc12. The molecule has 0 atom stereocenters. The van der Waals surface area contributed by atoms with Crippen molar-refractivity contribution in [2.24, 2.45) is 0 Å². The van der Waals surface area contributed by atoms with Gasteiger partial charge in [0.05, 0.1) is 5.69 Å². The van der Waals surface area contributed by atoms with E-state index in [0.29, 0.717) is 5.69 Å². The van der Waals surface area contributed by atoms with Gasteiger partial charge < -0.3 is 15.5 Å². The Morgan fingerprint density at radius 1 is 0.952 bits per heavy atom. The van der Waals surface area contributed by atoms with Crippen LogP contribution in [-0.4, -0.2) is 11.3 Å². The first-order valence-electron chi connectivity index (χ1n) is 6.15. The summed E-state index contributed by atoms with van der Waals surface area (Å²) in [4.78, 5) is 3.03. The number of nitrogen functional groups attached to an aromatic ring is 1. The number of anilines is 1. The number of hydrogen-bond donors (Lipinski definition) is 2. The number of fused-ring (bicyclic) bond motifs is 1. The molecule has 0 fully saturated rings. The lowest BCUT2D eigenvalue weighted by Gasteiger charge is -2.09. The number of H-pyrrole nitrogens is 1. The maximum Gasteiger partial charge on any atom is 0.573 e. The number of alkyl halides is 3. The van der Waals surface area contributed by atoms with Crippen LogP contribution in [0.15, 0.2) is 48.7 Å². The van der Waals surface area contributed by atoms with Crippen molar-refractivity contribution in [1.82, 2.24) is 4.98 Å². The molecule has 3 N–H and O–H groups in total. The minimum Gasteiger partial charge on any atom is -0.406 e. The molecule has 6 heteroatoms. The van der Waals surface area contributed by atoms with Crippen LogP contribution in [0.2, 0.25) is 0 Å². The van der Waals surface area contributed by atoms with E-state index in [2.05, 4.69) is 9.72 Å². The molecule has 21 heavy (non-hydrogen) atoms. The first kappa shape index (κ1) is 13.4. The van der Waals surface area contributed by atoms with Crippen LogP contribution >= 0.6 is 0 Å². The molecule has 0 saturated heterocycles. The fourth-order valence-electron chi connectivity index (χ4n) is 2.17. The van der Waals surface area contributed by atoms with Crippen molar-refractivity contribution in [2.75, 3.05) is 5.73 Å². The average Bonchev–Trinajstić information content (AvgIpc) is 2.79. The monoisotopic (exact) mass is 292 g/mol. The molecule has 2 aromatic carbocycles. The van der Waals surface area contributed by atoms with Crippen LogP contribution in [0, 0.1) is 0 Å². The number of ether oxygens (including phenoxy) is 1.